The highest BCUT2D eigenvalue weighted by molar-refractivity contribution is 6.32. The van der Waals surface area contributed by atoms with Gasteiger partial charge in [-0.2, -0.15) is 0 Å². The fraction of sp³-hybridized carbons (Fsp3) is 0.625. The minimum atomic E-state index is 0.320. The van der Waals surface area contributed by atoms with Crippen molar-refractivity contribution in [3.8, 4) is 5.75 Å². The molecule has 2 atom stereocenters. The van der Waals surface area contributed by atoms with Crippen LogP contribution in [0.1, 0.15) is 52.1 Å². The molecule has 1 aromatic rings. The Morgan fingerprint density at radius 2 is 2.00 bits per heavy atom. The molecule has 0 aliphatic heterocycles. The Morgan fingerprint density at radius 1 is 1.26 bits per heavy atom. The third-order valence-electron chi connectivity index (χ3n) is 3.38. The van der Waals surface area contributed by atoms with Gasteiger partial charge in [-0.3, -0.25) is 0 Å². The summed E-state index contributed by atoms with van der Waals surface area (Å²) in [6.07, 6.45) is 2.25. The highest BCUT2D eigenvalue weighted by Gasteiger charge is 2.09. The van der Waals surface area contributed by atoms with Crippen LogP contribution in [-0.4, -0.2) is 13.2 Å². The van der Waals surface area contributed by atoms with Crippen molar-refractivity contribution in [2.75, 3.05) is 13.2 Å². The standard InChI is InChI=1S/C16H26ClNO/c1-5-9-18-13(4)14-7-8-16(15(17)10-14)19-11-12(3)6-2/h7-8,10,12-13,18H,5-6,9,11H2,1-4H3. The molecule has 0 radical (unpaired) electrons. The number of ether oxygens (including phenoxy) is 1. The van der Waals surface area contributed by atoms with Gasteiger partial charge in [0.1, 0.15) is 5.75 Å². The molecule has 0 aromatic heterocycles. The summed E-state index contributed by atoms with van der Waals surface area (Å²) >= 11 is 6.28. The van der Waals surface area contributed by atoms with Crippen molar-refractivity contribution in [1.82, 2.24) is 5.32 Å². The summed E-state index contributed by atoms with van der Waals surface area (Å²) < 4.78 is 5.75. The van der Waals surface area contributed by atoms with Crippen LogP contribution in [0.4, 0.5) is 0 Å². The summed E-state index contributed by atoms with van der Waals surface area (Å²) in [5.41, 5.74) is 1.20. The van der Waals surface area contributed by atoms with Crippen LogP contribution in [0.25, 0.3) is 0 Å². The summed E-state index contributed by atoms with van der Waals surface area (Å²) in [5, 5.41) is 4.16. The summed E-state index contributed by atoms with van der Waals surface area (Å²) in [4.78, 5) is 0. The van der Waals surface area contributed by atoms with Gasteiger partial charge in [-0.1, -0.05) is 44.9 Å². The van der Waals surface area contributed by atoms with Crippen LogP contribution >= 0.6 is 11.6 Å². The van der Waals surface area contributed by atoms with E-state index in [-0.39, 0.29) is 0 Å². The number of hydrogen-bond acceptors (Lipinski definition) is 2. The lowest BCUT2D eigenvalue weighted by Crippen LogP contribution is -2.19. The first-order chi connectivity index (χ1) is 9.08. The highest BCUT2D eigenvalue weighted by Crippen LogP contribution is 2.28. The van der Waals surface area contributed by atoms with E-state index >= 15 is 0 Å². The van der Waals surface area contributed by atoms with Gasteiger partial charge in [-0.05, 0) is 43.5 Å². The third-order valence-corrected chi connectivity index (χ3v) is 3.67. The number of benzene rings is 1. The molecule has 0 amide bonds. The van der Waals surface area contributed by atoms with E-state index < -0.39 is 0 Å². The van der Waals surface area contributed by atoms with Crippen molar-refractivity contribution in [3.05, 3.63) is 28.8 Å². The molecule has 1 aromatic carbocycles. The van der Waals surface area contributed by atoms with Crippen LogP contribution in [0.5, 0.6) is 5.75 Å². The Kier molecular flexibility index (Phi) is 7.25. The van der Waals surface area contributed by atoms with Crippen molar-refractivity contribution < 1.29 is 4.74 Å². The summed E-state index contributed by atoms with van der Waals surface area (Å²) in [6, 6.07) is 6.39. The molecule has 0 heterocycles. The van der Waals surface area contributed by atoms with Crippen LogP contribution in [0.15, 0.2) is 18.2 Å². The molecule has 0 saturated heterocycles. The first-order valence-corrected chi connectivity index (χ1v) is 7.61. The van der Waals surface area contributed by atoms with E-state index in [0.717, 1.165) is 31.7 Å². The van der Waals surface area contributed by atoms with Gasteiger partial charge in [0.15, 0.2) is 0 Å². The third kappa shape index (κ3) is 5.42. The van der Waals surface area contributed by atoms with Crippen molar-refractivity contribution in [1.29, 1.82) is 0 Å². The summed E-state index contributed by atoms with van der Waals surface area (Å²) in [5.74, 6) is 1.34. The largest absolute Gasteiger partial charge is 0.492 e. The first kappa shape index (κ1) is 16.3. The highest BCUT2D eigenvalue weighted by atomic mass is 35.5. The predicted molar refractivity (Wildman–Crippen MR) is 83.1 cm³/mol. The molecule has 2 nitrogen and oxygen atoms in total. The first-order valence-electron chi connectivity index (χ1n) is 7.24. The van der Waals surface area contributed by atoms with Gasteiger partial charge in [-0.25, -0.2) is 0 Å². The Balaban J connectivity index is 2.63. The van der Waals surface area contributed by atoms with Gasteiger partial charge >= 0.3 is 0 Å². The minimum absolute atomic E-state index is 0.320. The van der Waals surface area contributed by atoms with Gasteiger partial charge < -0.3 is 10.1 Å². The molecule has 19 heavy (non-hydrogen) atoms. The zero-order valence-corrected chi connectivity index (χ0v) is 13.3. The average molecular weight is 284 g/mol. The Labute approximate surface area is 122 Å². The van der Waals surface area contributed by atoms with E-state index in [1.165, 1.54) is 5.56 Å². The van der Waals surface area contributed by atoms with Gasteiger partial charge in [0.25, 0.3) is 0 Å². The summed E-state index contributed by atoms with van der Waals surface area (Å²) in [6.45, 7) is 10.4. The maximum absolute atomic E-state index is 6.28. The second kappa shape index (κ2) is 8.44. The lowest BCUT2D eigenvalue weighted by molar-refractivity contribution is 0.256. The fourth-order valence-electron chi connectivity index (χ4n) is 1.73. The molecule has 3 heteroatoms. The second-order valence-electron chi connectivity index (χ2n) is 5.19. The quantitative estimate of drug-likeness (QED) is 0.738. The molecule has 1 N–H and O–H groups in total. The summed E-state index contributed by atoms with van der Waals surface area (Å²) in [7, 11) is 0. The van der Waals surface area contributed by atoms with E-state index in [1.54, 1.807) is 0 Å². The molecular formula is C16H26ClNO. The molecule has 2 unspecified atom stereocenters. The smallest absolute Gasteiger partial charge is 0.137 e. The second-order valence-corrected chi connectivity index (χ2v) is 5.60. The lowest BCUT2D eigenvalue weighted by Gasteiger charge is -2.16. The maximum Gasteiger partial charge on any atom is 0.137 e. The molecule has 108 valence electrons. The molecular weight excluding hydrogens is 258 g/mol. The number of nitrogens with one attached hydrogen (secondary N) is 1. The molecule has 0 bridgehead atoms. The fourth-order valence-corrected chi connectivity index (χ4v) is 1.98. The topological polar surface area (TPSA) is 21.3 Å². The Morgan fingerprint density at radius 3 is 2.58 bits per heavy atom. The van der Waals surface area contributed by atoms with E-state index in [0.29, 0.717) is 17.0 Å². The predicted octanol–water partition coefficient (Wildman–Crippen LogP) is 4.83. The van der Waals surface area contributed by atoms with Gasteiger partial charge in [-0.15, -0.1) is 0 Å². The van der Waals surface area contributed by atoms with Crippen LogP contribution in [0, 0.1) is 5.92 Å². The minimum Gasteiger partial charge on any atom is -0.492 e. The van der Waals surface area contributed by atoms with Gasteiger partial charge in [0.2, 0.25) is 0 Å². The van der Waals surface area contributed by atoms with Crippen molar-refractivity contribution in [2.45, 2.75) is 46.6 Å². The maximum atomic E-state index is 6.28. The van der Waals surface area contributed by atoms with Gasteiger partial charge in [0.05, 0.1) is 11.6 Å². The number of hydrogen-bond donors (Lipinski definition) is 1. The van der Waals surface area contributed by atoms with E-state index in [2.05, 4.69) is 39.1 Å². The van der Waals surface area contributed by atoms with Crippen LogP contribution < -0.4 is 10.1 Å². The number of rotatable bonds is 8. The monoisotopic (exact) mass is 283 g/mol. The number of halogens is 1. The van der Waals surface area contributed by atoms with Gasteiger partial charge in [0, 0.05) is 6.04 Å². The lowest BCUT2D eigenvalue weighted by atomic mass is 10.1. The SMILES string of the molecule is CCCNC(C)c1ccc(OCC(C)CC)c(Cl)c1. The van der Waals surface area contributed by atoms with Crippen molar-refractivity contribution >= 4 is 11.6 Å². The Hall–Kier alpha value is -0.730. The molecule has 0 saturated carbocycles. The molecule has 0 fully saturated rings. The zero-order chi connectivity index (χ0) is 14.3. The molecule has 1 rings (SSSR count). The normalized spacial score (nSPS) is 14.2. The van der Waals surface area contributed by atoms with Crippen LogP contribution in [0.3, 0.4) is 0 Å². The van der Waals surface area contributed by atoms with Crippen molar-refractivity contribution in [3.63, 3.8) is 0 Å². The molecule has 0 aliphatic carbocycles. The van der Waals surface area contributed by atoms with E-state index in [1.807, 2.05) is 12.1 Å². The molecule has 0 aliphatic rings. The average Bonchev–Trinajstić information content (AvgIpc) is 2.42. The van der Waals surface area contributed by atoms with Crippen LogP contribution in [0.2, 0.25) is 5.02 Å². The van der Waals surface area contributed by atoms with Crippen molar-refractivity contribution in [2.24, 2.45) is 5.92 Å². The Bertz CT molecular complexity index is 381. The molecule has 0 spiro atoms. The van der Waals surface area contributed by atoms with E-state index in [4.69, 9.17) is 16.3 Å². The van der Waals surface area contributed by atoms with E-state index in [9.17, 15) is 0 Å². The van der Waals surface area contributed by atoms with Crippen LogP contribution in [-0.2, 0) is 0 Å². The zero-order valence-electron chi connectivity index (χ0n) is 12.5.